The second-order valence-electron chi connectivity index (χ2n) is 5.00. The third-order valence-corrected chi connectivity index (χ3v) is 5.41. The summed E-state index contributed by atoms with van der Waals surface area (Å²) in [6.07, 6.45) is 1.35. The Morgan fingerprint density at radius 3 is 2.76 bits per heavy atom. The molecule has 0 aromatic carbocycles. The number of sulfonamides is 1. The van der Waals surface area contributed by atoms with Crippen LogP contribution in [0.3, 0.4) is 0 Å². The standard InChI is InChI=1S/C12H19N5O2S2/c1-8(2)13-5-10-4-11(6-20-10)21(18,19)17-9(3)12-14-7-15-16-12/h4,6-9,13,17H,5H2,1-3H3,(H,14,15,16). The molecule has 0 bridgehead atoms. The maximum atomic E-state index is 12.3. The highest BCUT2D eigenvalue weighted by molar-refractivity contribution is 7.89. The van der Waals surface area contributed by atoms with E-state index in [9.17, 15) is 8.42 Å². The predicted octanol–water partition coefficient (Wildman–Crippen LogP) is 1.40. The van der Waals surface area contributed by atoms with Gasteiger partial charge in [-0.3, -0.25) is 5.10 Å². The Balaban J connectivity index is 2.05. The summed E-state index contributed by atoms with van der Waals surface area (Å²) >= 11 is 1.43. The zero-order chi connectivity index (χ0) is 15.5. The van der Waals surface area contributed by atoms with E-state index in [1.165, 1.54) is 17.7 Å². The molecule has 2 rings (SSSR count). The van der Waals surface area contributed by atoms with E-state index >= 15 is 0 Å². The number of hydrogen-bond donors (Lipinski definition) is 3. The first-order valence-electron chi connectivity index (χ1n) is 6.57. The summed E-state index contributed by atoms with van der Waals surface area (Å²) < 4.78 is 27.2. The third-order valence-electron chi connectivity index (χ3n) is 2.80. The van der Waals surface area contributed by atoms with Gasteiger partial charge in [0.05, 0.1) is 10.9 Å². The fraction of sp³-hybridized carbons (Fsp3) is 0.500. The van der Waals surface area contributed by atoms with Crippen LogP contribution in [0, 0.1) is 0 Å². The van der Waals surface area contributed by atoms with Gasteiger partial charge >= 0.3 is 0 Å². The number of aromatic nitrogens is 3. The quantitative estimate of drug-likeness (QED) is 0.713. The van der Waals surface area contributed by atoms with Crippen molar-refractivity contribution >= 4 is 21.4 Å². The Morgan fingerprint density at radius 1 is 1.38 bits per heavy atom. The Kier molecular flexibility index (Phi) is 5.09. The minimum absolute atomic E-state index is 0.277. The van der Waals surface area contributed by atoms with E-state index in [2.05, 4.69) is 25.2 Å². The molecule has 2 heterocycles. The molecule has 0 amide bonds. The minimum atomic E-state index is -3.56. The molecule has 0 aliphatic heterocycles. The van der Waals surface area contributed by atoms with Crippen LogP contribution in [-0.2, 0) is 16.6 Å². The van der Waals surface area contributed by atoms with Crippen molar-refractivity contribution in [2.45, 2.75) is 44.3 Å². The molecular formula is C12H19N5O2S2. The van der Waals surface area contributed by atoms with E-state index in [-0.39, 0.29) is 4.90 Å². The van der Waals surface area contributed by atoms with Gasteiger partial charge in [-0.25, -0.2) is 18.1 Å². The molecule has 2 aromatic rings. The van der Waals surface area contributed by atoms with Gasteiger partial charge in [-0.15, -0.1) is 11.3 Å². The van der Waals surface area contributed by atoms with Crippen molar-refractivity contribution in [3.05, 3.63) is 28.5 Å². The van der Waals surface area contributed by atoms with E-state index in [1.807, 2.05) is 13.8 Å². The lowest BCUT2D eigenvalue weighted by atomic mass is 10.3. The van der Waals surface area contributed by atoms with Crippen molar-refractivity contribution < 1.29 is 8.42 Å². The summed E-state index contributed by atoms with van der Waals surface area (Å²) in [5.41, 5.74) is 0. The normalized spacial score (nSPS) is 13.7. The number of nitrogens with zero attached hydrogens (tertiary/aromatic N) is 2. The molecule has 0 aliphatic rings. The summed E-state index contributed by atoms with van der Waals surface area (Å²) in [6, 6.07) is 1.58. The first-order chi connectivity index (χ1) is 9.88. The lowest BCUT2D eigenvalue weighted by Crippen LogP contribution is -2.27. The van der Waals surface area contributed by atoms with Crippen molar-refractivity contribution in [3.8, 4) is 0 Å². The molecule has 2 aromatic heterocycles. The Hall–Kier alpha value is -1.29. The van der Waals surface area contributed by atoms with E-state index < -0.39 is 16.1 Å². The van der Waals surface area contributed by atoms with Crippen LogP contribution in [0.1, 0.15) is 37.5 Å². The molecule has 3 N–H and O–H groups in total. The Morgan fingerprint density at radius 2 is 2.14 bits per heavy atom. The highest BCUT2D eigenvalue weighted by Crippen LogP contribution is 2.21. The number of thiophene rings is 1. The topological polar surface area (TPSA) is 99.8 Å². The molecule has 7 nitrogen and oxygen atoms in total. The zero-order valence-corrected chi connectivity index (χ0v) is 13.8. The predicted molar refractivity (Wildman–Crippen MR) is 81.4 cm³/mol. The number of aromatic amines is 1. The second kappa shape index (κ2) is 6.65. The van der Waals surface area contributed by atoms with Gasteiger partial charge in [0, 0.05) is 22.8 Å². The lowest BCUT2D eigenvalue weighted by molar-refractivity contribution is 0.560. The summed E-state index contributed by atoms with van der Waals surface area (Å²) in [6.45, 7) is 6.47. The molecule has 1 unspecified atom stereocenters. The molecule has 0 radical (unpaired) electrons. The van der Waals surface area contributed by atoms with Crippen LogP contribution in [0.15, 0.2) is 22.7 Å². The number of H-pyrrole nitrogens is 1. The van der Waals surface area contributed by atoms with E-state index in [4.69, 9.17) is 0 Å². The van der Waals surface area contributed by atoms with E-state index in [0.717, 1.165) is 4.88 Å². The Labute approximate surface area is 128 Å². The SMILES string of the molecule is CC(C)NCc1cc(S(=O)(=O)NC(C)c2ncn[nH]2)cs1. The van der Waals surface area contributed by atoms with Gasteiger partial charge in [0.25, 0.3) is 0 Å². The van der Waals surface area contributed by atoms with Crippen LogP contribution < -0.4 is 10.0 Å². The van der Waals surface area contributed by atoms with Crippen molar-refractivity contribution in [1.29, 1.82) is 0 Å². The van der Waals surface area contributed by atoms with Gasteiger partial charge in [0.1, 0.15) is 12.2 Å². The third kappa shape index (κ3) is 4.34. The molecule has 9 heteroatoms. The van der Waals surface area contributed by atoms with Gasteiger partial charge < -0.3 is 5.32 Å². The highest BCUT2D eigenvalue weighted by Gasteiger charge is 2.21. The molecule has 0 fully saturated rings. The molecule has 1 atom stereocenters. The van der Waals surface area contributed by atoms with Gasteiger partial charge in [-0.1, -0.05) is 13.8 Å². The van der Waals surface area contributed by atoms with Crippen molar-refractivity contribution in [2.75, 3.05) is 0 Å². The molecule has 0 aliphatic carbocycles. The van der Waals surface area contributed by atoms with Gasteiger partial charge in [-0.05, 0) is 13.0 Å². The summed E-state index contributed by atoms with van der Waals surface area (Å²) in [5, 5.41) is 11.3. The average Bonchev–Trinajstić information content (AvgIpc) is 3.07. The molecular weight excluding hydrogens is 310 g/mol. The first kappa shape index (κ1) is 16.1. The average molecular weight is 329 g/mol. The maximum Gasteiger partial charge on any atom is 0.242 e. The van der Waals surface area contributed by atoms with Crippen LogP contribution in [0.2, 0.25) is 0 Å². The van der Waals surface area contributed by atoms with E-state index in [0.29, 0.717) is 18.4 Å². The summed E-state index contributed by atoms with van der Waals surface area (Å²) in [7, 11) is -3.56. The smallest absolute Gasteiger partial charge is 0.242 e. The van der Waals surface area contributed by atoms with Crippen LogP contribution in [0.25, 0.3) is 0 Å². The van der Waals surface area contributed by atoms with E-state index in [1.54, 1.807) is 18.4 Å². The van der Waals surface area contributed by atoms with Crippen LogP contribution in [0.4, 0.5) is 0 Å². The Bertz CT molecular complexity index is 664. The first-order valence-corrected chi connectivity index (χ1v) is 8.93. The lowest BCUT2D eigenvalue weighted by Gasteiger charge is -2.10. The van der Waals surface area contributed by atoms with Crippen molar-refractivity contribution in [1.82, 2.24) is 25.2 Å². The fourth-order valence-electron chi connectivity index (χ4n) is 1.68. The summed E-state index contributed by atoms with van der Waals surface area (Å²) in [5.74, 6) is 0.482. The van der Waals surface area contributed by atoms with Gasteiger partial charge in [0.15, 0.2) is 0 Å². The number of rotatable bonds is 7. The molecule has 0 saturated heterocycles. The van der Waals surface area contributed by atoms with Crippen LogP contribution in [-0.4, -0.2) is 29.6 Å². The second-order valence-corrected chi connectivity index (χ2v) is 7.71. The molecule has 0 spiro atoms. The molecule has 21 heavy (non-hydrogen) atoms. The van der Waals surface area contributed by atoms with Gasteiger partial charge in [0.2, 0.25) is 10.0 Å². The van der Waals surface area contributed by atoms with Crippen molar-refractivity contribution in [3.63, 3.8) is 0 Å². The summed E-state index contributed by atoms with van der Waals surface area (Å²) in [4.78, 5) is 5.21. The number of nitrogens with one attached hydrogen (secondary N) is 3. The maximum absolute atomic E-state index is 12.3. The highest BCUT2D eigenvalue weighted by atomic mass is 32.2. The monoisotopic (exact) mass is 329 g/mol. The minimum Gasteiger partial charge on any atom is -0.310 e. The van der Waals surface area contributed by atoms with Crippen molar-refractivity contribution in [2.24, 2.45) is 0 Å². The van der Waals surface area contributed by atoms with Crippen LogP contribution in [0.5, 0.6) is 0 Å². The number of hydrogen-bond acceptors (Lipinski definition) is 6. The largest absolute Gasteiger partial charge is 0.310 e. The molecule has 116 valence electrons. The van der Waals surface area contributed by atoms with Gasteiger partial charge in [-0.2, -0.15) is 5.10 Å². The zero-order valence-electron chi connectivity index (χ0n) is 12.1. The fourth-order valence-corrected chi connectivity index (χ4v) is 4.11. The van der Waals surface area contributed by atoms with Crippen LogP contribution >= 0.6 is 11.3 Å². The molecule has 0 saturated carbocycles.